The average Bonchev–Trinajstić information content (AvgIpc) is 2.67. The molecule has 7 nitrogen and oxygen atoms in total. The Hall–Kier alpha value is -2.87. The minimum absolute atomic E-state index is 0.106. The van der Waals surface area contributed by atoms with Crippen LogP contribution in [0.4, 0.5) is 0 Å². The van der Waals surface area contributed by atoms with Crippen molar-refractivity contribution in [3.63, 3.8) is 0 Å². The van der Waals surface area contributed by atoms with Crippen LogP contribution < -0.4 is 20.1 Å². The maximum absolute atomic E-state index is 12.4. The Morgan fingerprint density at radius 2 is 1.93 bits per heavy atom. The molecule has 0 saturated heterocycles. The van der Waals surface area contributed by atoms with E-state index in [4.69, 9.17) is 9.47 Å². The van der Waals surface area contributed by atoms with Crippen molar-refractivity contribution in [3.8, 4) is 11.5 Å². The summed E-state index contributed by atoms with van der Waals surface area (Å²) in [5.74, 6) is 0.727. The number of nitrogens with zero attached hydrogens (tertiary/aromatic N) is 1. The van der Waals surface area contributed by atoms with Gasteiger partial charge in [0.2, 0.25) is 11.9 Å². The number of hydrogen-bond acceptors (Lipinski definition) is 5. The number of rotatable bonds is 4. The van der Waals surface area contributed by atoms with Crippen molar-refractivity contribution in [1.29, 1.82) is 0 Å². The Bertz CT molecular complexity index is 896. The molecule has 0 aliphatic carbocycles. The van der Waals surface area contributed by atoms with Gasteiger partial charge in [-0.1, -0.05) is 15.9 Å². The largest absolute Gasteiger partial charge is 0.497 e. The first-order chi connectivity index (χ1) is 13.0. The number of aliphatic imine (C=N–C) groups is 1. The summed E-state index contributed by atoms with van der Waals surface area (Å²) in [6, 6.07) is 11.7. The van der Waals surface area contributed by atoms with Crippen molar-refractivity contribution < 1.29 is 19.1 Å². The first-order valence-electron chi connectivity index (χ1n) is 8.16. The summed E-state index contributed by atoms with van der Waals surface area (Å²) in [5, 5.41) is 5.23. The third-order valence-corrected chi connectivity index (χ3v) is 4.58. The third kappa shape index (κ3) is 4.46. The van der Waals surface area contributed by atoms with Crippen LogP contribution in [0, 0.1) is 0 Å². The normalized spacial score (nSPS) is 16.2. The Labute approximate surface area is 164 Å². The molecule has 140 valence electrons. The molecule has 2 aromatic rings. The van der Waals surface area contributed by atoms with Gasteiger partial charge >= 0.3 is 0 Å². The van der Waals surface area contributed by atoms with Crippen LogP contribution in [-0.2, 0) is 4.79 Å². The Morgan fingerprint density at radius 1 is 1.19 bits per heavy atom. The fraction of sp³-hybridized carbons (Fsp3) is 0.211. The number of nitrogens with one attached hydrogen (secondary N) is 2. The summed E-state index contributed by atoms with van der Waals surface area (Å²) in [7, 11) is 3.11. The number of hydrogen-bond donors (Lipinski definition) is 2. The summed E-state index contributed by atoms with van der Waals surface area (Å²) in [5.41, 5.74) is 1.17. The molecule has 0 radical (unpaired) electrons. The number of carbonyl (C=O) groups excluding carboxylic acids is 2. The molecule has 1 atom stereocenters. The van der Waals surface area contributed by atoms with Crippen LogP contribution in [0.2, 0.25) is 0 Å². The van der Waals surface area contributed by atoms with Gasteiger partial charge < -0.3 is 9.47 Å². The topological polar surface area (TPSA) is 89.0 Å². The monoisotopic (exact) mass is 431 g/mol. The molecule has 3 rings (SSSR count). The van der Waals surface area contributed by atoms with Crippen LogP contribution in [-0.4, -0.2) is 32.0 Å². The summed E-state index contributed by atoms with van der Waals surface area (Å²) in [6.07, 6.45) is 0.140. The molecule has 1 aliphatic rings. The zero-order valence-electron chi connectivity index (χ0n) is 14.8. The van der Waals surface area contributed by atoms with Crippen LogP contribution >= 0.6 is 15.9 Å². The van der Waals surface area contributed by atoms with E-state index >= 15 is 0 Å². The highest BCUT2D eigenvalue weighted by atomic mass is 79.9. The maximum atomic E-state index is 12.4. The lowest BCUT2D eigenvalue weighted by atomic mass is 10.0. The van der Waals surface area contributed by atoms with Crippen molar-refractivity contribution in [2.24, 2.45) is 4.99 Å². The summed E-state index contributed by atoms with van der Waals surface area (Å²) >= 11 is 3.33. The fourth-order valence-electron chi connectivity index (χ4n) is 2.72. The van der Waals surface area contributed by atoms with Gasteiger partial charge in [0.15, 0.2) is 0 Å². The van der Waals surface area contributed by atoms with Crippen molar-refractivity contribution >= 4 is 33.7 Å². The molecular formula is C19H18BrN3O4. The number of methoxy groups -OCH3 is 2. The van der Waals surface area contributed by atoms with Crippen molar-refractivity contribution in [2.75, 3.05) is 14.2 Å². The first kappa shape index (κ1) is 18.9. The first-order valence-corrected chi connectivity index (χ1v) is 8.96. The molecule has 27 heavy (non-hydrogen) atoms. The Balaban J connectivity index is 1.87. The smallest absolute Gasteiger partial charge is 0.257 e. The fourth-order valence-corrected chi connectivity index (χ4v) is 2.98. The van der Waals surface area contributed by atoms with E-state index in [2.05, 4.69) is 31.6 Å². The third-order valence-electron chi connectivity index (χ3n) is 4.06. The second kappa shape index (κ2) is 8.22. The highest BCUT2D eigenvalue weighted by Gasteiger charge is 2.26. The predicted octanol–water partition coefficient (Wildman–Crippen LogP) is 2.81. The molecule has 1 heterocycles. The van der Waals surface area contributed by atoms with Gasteiger partial charge in [0.05, 0.1) is 26.7 Å². The van der Waals surface area contributed by atoms with Gasteiger partial charge in [0, 0.05) is 15.6 Å². The maximum Gasteiger partial charge on any atom is 0.257 e. The van der Waals surface area contributed by atoms with Crippen molar-refractivity contribution in [3.05, 3.63) is 58.1 Å². The van der Waals surface area contributed by atoms with Gasteiger partial charge in [0.1, 0.15) is 11.5 Å². The lowest BCUT2D eigenvalue weighted by Gasteiger charge is -2.23. The molecule has 0 unspecified atom stereocenters. The van der Waals surface area contributed by atoms with E-state index in [1.165, 1.54) is 0 Å². The highest BCUT2D eigenvalue weighted by molar-refractivity contribution is 9.10. The molecule has 2 aromatic carbocycles. The van der Waals surface area contributed by atoms with Gasteiger partial charge in [-0.05, 0) is 42.5 Å². The van der Waals surface area contributed by atoms with E-state index in [1.54, 1.807) is 56.7 Å². The van der Waals surface area contributed by atoms with Crippen LogP contribution in [0.5, 0.6) is 11.5 Å². The zero-order valence-corrected chi connectivity index (χ0v) is 16.4. The molecule has 8 heteroatoms. The number of carbonyl (C=O) groups is 2. The predicted molar refractivity (Wildman–Crippen MR) is 104 cm³/mol. The van der Waals surface area contributed by atoms with Gasteiger partial charge in [-0.3, -0.25) is 20.2 Å². The Morgan fingerprint density at radius 3 is 2.59 bits per heavy atom. The minimum Gasteiger partial charge on any atom is -0.497 e. The molecule has 2 amide bonds. The van der Waals surface area contributed by atoms with E-state index in [0.717, 1.165) is 4.47 Å². The van der Waals surface area contributed by atoms with Crippen LogP contribution in [0.3, 0.4) is 0 Å². The summed E-state index contributed by atoms with van der Waals surface area (Å²) in [6.45, 7) is 0. The molecule has 0 aromatic heterocycles. The molecule has 1 aliphatic heterocycles. The van der Waals surface area contributed by atoms with Gasteiger partial charge in [-0.2, -0.15) is 0 Å². The number of guanidine groups is 1. The molecule has 0 spiro atoms. The van der Waals surface area contributed by atoms with Crippen molar-refractivity contribution in [1.82, 2.24) is 10.6 Å². The van der Waals surface area contributed by atoms with Crippen molar-refractivity contribution in [2.45, 2.75) is 12.5 Å². The van der Waals surface area contributed by atoms with E-state index in [0.29, 0.717) is 22.6 Å². The number of ether oxygens (including phenoxy) is 2. The number of amides is 2. The van der Waals surface area contributed by atoms with Crippen LogP contribution in [0.1, 0.15) is 28.4 Å². The van der Waals surface area contributed by atoms with E-state index in [1.807, 2.05) is 0 Å². The average molecular weight is 432 g/mol. The summed E-state index contributed by atoms with van der Waals surface area (Å²) in [4.78, 5) is 29.0. The molecule has 0 saturated carbocycles. The summed E-state index contributed by atoms with van der Waals surface area (Å²) < 4.78 is 11.5. The van der Waals surface area contributed by atoms with E-state index in [9.17, 15) is 9.59 Å². The number of halogens is 1. The van der Waals surface area contributed by atoms with Gasteiger partial charge in [-0.15, -0.1) is 0 Å². The lowest BCUT2D eigenvalue weighted by Crippen LogP contribution is -2.47. The molecule has 0 bridgehead atoms. The second-order valence-electron chi connectivity index (χ2n) is 5.81. The minimum atomic E-state index is -0.496. The second-order valence-corrected chi connectivity index (χ2v) is 6.73. The van der Waals surface area contributed by atoms with E-state index in [-0.39, 0.29) is 24.2 Å². The van der Waals surface area contributed by atoms with Gasteiger partial charge in [0.25, 0.3) is 5.91 Å². The highest BCUT2D eigenvalue weighted by Crippen LogP contribution is 2.34. The van der Waals surface area contributed by atoms with Crippen LogP contribution in [0.15, 0.2) is 51.9 Å². The van der Waals surface area contributed by atoms with Gasteiger partial charge in [-0.25, -0.2) is 4.99 Å². The van der Waals surface area contributed by atoms with E-state index < -0.39 is 6.04 Å². The lowest BCUT2D eigenvalue weighted by molar-refractivity contribution is -0.120. The SMILES string of the molecule is COc1ccc(OC)c([C@H]2CC(=O)NC(NC(=O)c3ccc(Br)cc3)=N2)c1. The molecule has 2 N–H and O–H groups in total. The molecular weight excluding hydrogens is 414 g/mol. The molecule has 0 fully saturated rings. The quantitative estimate of drug-likeness (QED) is 0.778. The Kier molecular flexibility index (Phi) is 5.75. The standard InChI is InChI=1S/C19H18BrN3O4/c1-26-13-7-8-16(27-2)14(9-13)15-10-17(24)22-19(21-15)23-18(25)11-3-5-12(20)6-4-11/h3-9,15H,10H2,1-2H3,(H2,21,22,23,24,25)/t15-/m1/s1. The zero-order chi connectivity index (χ0) is 19.4. The van der Waals surface area contributed by atoms with Crippen LogP contribution in [0.25, 0.3) is 0 Å². The number of benzene rings is 2.